The van der Waals surface area contributed by atoms with Crippen LogP contribution in [0, 0.1) is 17.7 Å². The highest BCUT2D eigenvalue weighted by Gasteiger charge is 2.46. The summed E-state index contributed by atoms with van der Waals surface area (Å²) in [4.78, 5) is 14.3. The molecule has 0 radical (unpaired) electrons. The third kappa shape index (κ3) is 2.70. The average Bonchev–Trinajstić information content (AvgIpc) is 3.28. The molecule has 4 heteroatoms. The van der Waals surface area contributed by atoms with Crippen molar-refractivity contribution in [2.24, 2.45) is 11.8 Å². The van der Waals surface area contributed by atoms with Gasteiger partial charge in [0.1, 0.15) is 5.82 Å². The lowest BCUT2D eigenvalue weighted by Crippen LogP contribution is -2.40. The van der Waals surface area contributed by atoms with Gasteiger partial charge in [-0.2, -0.15) is 0 Å². The Kier molecular flexibility index (Phi) is 3.74. The predicted molar refractivity (Wildman–Crippen MR) is 73.6 cm³/mol. The standard InChI is InChI=1S/C16H20FNO2/c17-13-3-1-12(2-4-13)14-9-15(14)16(20)18-7-5-11(10-19)6-8-18/h1-4,11,14-15,19H,5-10H2. The Morgan fingerprint density at radius 1 is 1.25 bits per heavy atom. The first-order chi connectivity index (χ1) is 9.69. The number of halogens is 1. The summed E-state index contributed by atoms with van der Waals surface area (Å²) < 4.78 is 12.9. The summed E-state index contributed by atoms with van der Waals surface area (Å²) >= 11 is 0. The van der Waals surface area contributed by atoms with E-state index in [0.29, 0.717) is 5.92 Å². The van der Waals surface area contributed by atoms with Crippen LogP contribution >= 0.6 is 0 Å². The van der Waals surface area contributed by atoms with E-state index in [9.17, 15) is 9.18 Å². The Morgan fingerprint density at radius 3 is 2.50 bits per heavy atom. The van der Waals surface area contributed by atoms with Crippen molar-refractivity contribution in [2.45, 2.75) is 25.2 Å². The summed E-state index contributed by atoms with van der Waals surface area (Å²) in [7, 11) is 0. The fraction of sp³-hybridized carbons (Fsp3) is 0.562. The van der Waals surface area contributed by atoms with E-state index in [1.165, 1.54) is 12.1 Å². The smallest absolute Gasteiger partial charge is 0.226 e. The molecule has 108 valence electrons. The molecular formula is C16H20FNO2. The second-order valence-corrected chi connectivity index (χ2v) is 5.95. The molecule has 1 aromatic carbocycles. The zero-order valence-electron chi connectivity index (χ0n) is 11.5. The van der Waals surface area contributed by atoms with Crippen LogP contribution in [0.15, 0.2) is 24.3 Å². The second kappa shape index (κ2) is 5.52. The highest BCUT2D eigenvalue weighted by atomic mass is 19.1. The van der Waals surface area contributed by atoms with Crippen molar-refractivity contribution < 1.29 is 14.3 Å². The van der Waals surface area contributed by atoms with Crippen LogP contribution in [0.1, 0.15) is 30.7 Å². The van der Waals surface area contributed by atoms with Gasteiger partial charge in [0.25, 0.3) is 0 Å². The highest BCUT2D eigenvalue weighted by Crippen LogP contribution is 2.48. The maximum absolute atomic E-state index is 12.9. The average molecular weight is 277 g/mol. The lowest BCUT2D eigenvalue weighted by molar-refractivity contribution is -0.134. The molecule has 2 atom stereocenters. The van der Waals surface area contributed by atoms with Crippen LogP contribution < -0.4 is 0 Å². The monoisotopic (exact) mass is 277 g/mol. The van der Waals surface area contributed by atoms with E-state index in [1.807, 2.05) is 4.90 Å². The van der Waals surface area contributed by atoms with Gasteiger partial charge in [0.15, 0.2) is 0 Å². The van der Waals surface area contributed by atoms with Crippen molar-refractivity contribution in [3.8, 4) is 0 Å². The molecule has 20 heavy (non-hydrogen) atoms. The minimum atomic E-state index is -0.233. The Bertz CT molecular complexity index is 480. The molecule has 1 N–H and O–H groups in total. The van der Waals surface area contributed by atoms with E-state index in [-0.39, 0.29) is 30.2 Å². The molecular weight excluding hydrogens is 257 g/mol. The van der Waals surface area contributed by atoms with E-state index < -0.39 is 0 Å². The van der Waals surface area contributed by atoms with Crippen LogP contribution in [0.3, 0.4) is 0 Å². The molecule has 2 aliphatic rings. The number of hydrogen-bond donors (Lipinski definition) is 1. The molecule has 1 aliphatic carbocycles. The number of aliphatic hydroxyl groups excluding tert-OH is 1. The maximum atomic E-state index is 12.9. The Labute approximate surface area is 118 Å². The molecule has 2 unspecified atom stereocenters. The fourth-order valence-electron chi connectivity index (χ4n) is 3.12. The summed E-state index contributed by atoms with van der Waals surface area (Å²) in [6.45, 7) is 1.75. The van der Waals surface area contributed by atoms with Gasteiger partial charge in [0, 0.05) is 25.6 Å². The lowest BCUT2D eigenvalue weighted by Gasteiger charge is -2.31. The molecule has 1 aromatic rings. The molecule has 1 aliphatic heterocycles. The Balaban J connectivity index is 1.56. The molecule has 0 spiro atoms. The van der Waals surface area contributed by atoms with E-state index in [2.05, 4.69) is 0 Å². The topological polar surface area (TPSA) is 40.5 Å². The minimum absolute atomic E-state index is 0.0751. The number of benzene rings is 1. The Hall–Kier alpha value is -1.42. The minimum Gasteiger partial charge on any atom is -0.396 e. The van der Waals surface area contributed by atoms with Gasteiger partial charge < -0.3 is 10.0 Å². The normalized spacial score (nSPS) is 26.6. The molecule has 3 nitrogen and oxygen atoms in total. The van der Waals surface area contributed by atoms with Gasteiger partial charge in [0.05, 0.1) is 0 Å². The number of piperidine rings is 1. The van der Waals surface area contributed by atoms with Crippen molar-refractivity contribution in [3.05, 3.63) is 35.6 Å². The second-order valence-electron chi connectivity index (χ2n) is 5.95. The molecule has 1 saturated carbocycles. The predicted octanol–water partition coefficient (Wildman–Crippen LogP) is 2.16. The number of carbonyl (C=O) groups is 1. The van der Waals surface area contributed by atoms with Gasteiger partial charge in [-0.25, -0.2) is 4.39 Å². The lowest BCUT2D eigenvalue weighted by atomic mass is 9.97. The van der Waals surface area contributed by atoms with E-state index in [1.54, 1.807) is 12.1 Å². The third-order valence-electron chi connectivity index (χ3n) is 4.59. The highest BCUT2D eigenvalue weighted by molar-refractivity contribution is 5.83. The Morgan fingerprint density at radius 2 is 1.90 bits per heavy atom. The first-order valence-electron chi connectivity index (χ1n) is 7.34. The number of nitrogens with zero attached hydrogens (tertiary/aromatic N) is 1. The fourth-order valence-corrected chi connectivity index (χ4v) is 3.12. The van der Waals surface area contributed by atoms with Crippen molar-refractivity contribution >= 4 is 5.91 Å². The van der Waals surface area contributed by atoms with Gasteiger partial charge in [-0.15, -0.1) is 0 Å². The summed E-state index contributed by atoms with van der Waals surface area (Å²) in [6.07, 6.45) is 2.68. The molecule has 0 bridgehead atoms. The van der Waals surface area contributed by atoms with Gasteiger partial charge in [-0.05, 0) is 48.8 Å². The largest absolute Gasteiger partial charge is 0.396 e. The number of amides is 1. The number of hydrogen-bond acceptors (Lipinski definition) is 2. The van der Waals surface area contributed by atoms with Crippen LogP contribution in [0.25, 0.3) is 0 Å². The summed E-state index contributed by atoms with van der Waals surface area (Å²) in [5, 5.41) is 9.12. The van der Waals surface area contributed by atoms with Gasteiger partial charge in [-0.3, -0.25) is 4.79 Å². The van der Waals surface area contributed by atoms with E-state index >= 15 is 0 Å². The number of likely N-dealkylation sites (tertiary alicyclic amines) is 1. The number of aliphatic hydroxyl groups is 1. The maximum Gasteiger partial charge on any atom is 0.226 e. The molecule has 0 aromatic heterocycles. The van der Waals surface area contributed by atoms with Crippen molar-refractivity contribution in [3.63, 3.8) is 0 Å². The van der Waals surface area contributed by atoms with Crippen LogP contribution in [0.2, 0.25) is 0 Å². The molecule has 1 amide bonds. The van der Waals surface area contributed by atoms with Gasteiger partial charge in [0.2, 0.25) is 5.91 Å². The summed E-state index contributed by atoms with van der Waals surface area (Å²) in [5.74, 6) is 0.690. The molecule has 1 heterocycles. The summed E-state index contributed by atoms with van der Waals surface area (Å²) in [5.41, 5.74) is 1.06. The zero-order valence-corrected chi connectivity index (χ0v) is 11.5. The number of rotatable bonds is 3. The first kappa shape index (κ1) is 13.6. The quantitative estimate of drug-likeness (QED) is 0.919. The molecule has 2 fully saturated rings. The van der Waals surface area contributed by atoms with Crippen molar-refractivity contribution in [1.29, 1.82) is 0 Å². The number of carbonyl (C=O) groups excluding carboxylic acids is 1. The SMILES string of the molecule is O=C(C1CC1c1ccc(F)cc1)N1CCC(CO)CC1. The van der Waals surface area contributed by atoms with Crippen LogP contribution in [-0.2, 0) is 4.79 Å². The molecule has 1 saturated heterocycles. The van der Waals surface area contributed by atoms with Crippen molar-refractivity contribution in [2.75, 3.05) is 19.7 Å². The van der Waals surface area contributed by atoms with Crippen LogP contribution in [-0.4, -0.2) is 35.6 Å². The van der Waals surface area contributed by atoms with Crippen molar-refractivity contribution in [1.82, 2.24) is 4.90 Å². The van der Waals surface area contributed by atoms with E-state index in [0.717, 1.165) is 37.9 Å². The first-order valence-corrected chi connectivity index (χ1v) is 7.34. The van der Waals surface area contributed by atoms with Crippen LogP contribution in [0.5, 0.6) is 0 Å². The molecule has 3 rings (SSSR count). The van der Waals surface area contributed by atoms with Gasteiger partial charge >= 0.3 is 0 Å². The van der Waals surface area contributed by atoms with Crippen LogP contribution in [0.4, 0.5) is 4.39 Å². The van der Waals surface area contributed by atoms with E-state index in [4.69, 9.17) is 5.11 Å². The zero-order chi connectivity index (χ0) is 14.1. The third-order valence-corrected chi connectivity index (χ3v) is 4.59. The summed E-state index contributed by atoms with van der Waals surface area (Å²) in [6, 6.07) is 6.49. The van der Waals surface area contributed by atoms with Gasteiger partial charge in [-0.1, -0.05) is 12.1 Å².